The second-order valence-corrected chi connectivity index (χ2v) is 9.85. The van der Waals surface area contributed by atoms with Crippen LogP contribution in [-0.4, -0.2) is 55.9 Å². The second kappa shape index (κ2) is 10.4. The van der Waals surface area contributed by atoms with Gasteiger partial charge in [0.15, 0.2) is 11.5 Å². The van der Waals surface area contributed by atoms with Crippen molar-refractivity contribution in [1.29, 1.82) is 0 Å². The highest BCUT2D eigenvalue weighted by atomic mass is 32.2. The number of anilines is 2. The van der Waals surface area contributed by atoms with Gasteiger partial charge < -0.3 is 23.8 Å². The van der Waals surface area contributed by atoms with Crippen molar-refractivity contribution in [3.8, 4) is 23.0 Å². The first-order chi connectivity index (χ1) is 17.3. The molecule has 4 rings (SSSR count). The zero-order valence-corrected chi connectivity index (χ0v) is 21.4. The van der Waals surface area contributed by atoms with E-state index in [0.29, 0.717) is 24.5 Å². The van der Waals surface area contributed by atoms with Crippen LogP contribution in [-0.2, 0) is 21.2 Å². The van der Waals surface area contributed by atoms with Crippen molar-refractivity contribution in [3.63, 3.8) is 0 Å². The number of rotatable bonds is 9. The summed E-state index contributed by atoms with van der Waals surface area (Å²) in [5.41, 5.74) is 2.00. The van der Waals surface area contributed by atoms with Crippen LogP contribution in [0.5, 0.6) is 23.0 Å². The van der Waals surface area contributed by atoms with Gasteiger partial charge in [-0.3, -0.25) is 9.10 Å². The molecule has 3 aromatic carbocycles. The molecule has 1 heterocycles. The van der Waals surface area contributed by atoms with E-state index in [9.17, 15) is 13.2 Å². The number of hydrogen-bond donors (Lipinski definition) is 0. The van der Waals surface area contributed by atoms with Gasteiger partial charge in [-0.1, -0.05) is 18.2 Å². The number of carbonyl (C=O) groups excluding carboxylic acids is 1. The van der Waals surface area contributed by atoms with Crippen LogP contribution in [0.2, 0.25) is 0 Å². The number of fused-ring (bicyclic) bond motifs is 1. The molecular formula is C26H28N2O7S. The molecule has 0 unspecified atom stereocenters. The topological polar surface area (TPSA) is 94.6 Å². The van der Waals surface area contributed by atoms with Gasteiger partial charge in [0, 0.05) is 24.4 Å². The molecule has 9 nitrogen and oxygen atoms in total. The van der Waals surface area contributed by atoms with Gasteiger partial charge in [-0.05, 0) is 42.3 Å². The van der Waals surface area contributed by atoms with Crippen LogP contribution in [0.3, 0.4) is 0 Å². The number of ether oxygens (including phenoxy) is 4. The van der Waals surface area contributed by atoms with Gasteiger partial charge in [0.1, 0.15) is 18.0 Å². The molecule has 0 fully saturated rings. The fourth-order valence-corrected chi connectivity index (χ4v) is 5.63. The first-order valence-corrected chi connectivity index (χ1v) is 12.6. The molecule has 190 valence electrons. The van der Waals surface area contributed by atoms with Gasteiger partial charge in [0.05, 0.1) is 39.0 Å². The SMILES string of the molecule is COc1ccc(OC)c(N(CC(=O)N2CCc3ccccc32)S(=O)(=O)c2ccc(OC)c(OC)c2)c1. The van der Waals surface area contributed by atoms with Crippen LogP contribution >= 0.6 is 0 Å². The van der Waals surface area contributed by atoms with Gasteiger partial charge in [-0.15, -0.1) is 0 Å². The summed E-state index contributed by atoms with van der Waals surface area (Å²) >= 11 is 0. The maximum atomic E-state index is 14.0. The summed E-state index contributed by atoms with van der Waals surface area (Å²) in [6.07, 6.45) is 0.701. The second-order valence-electron chi connectivity index (χ2n) is 7.99. The van der Waals surface area contributed by atoms with Crippen LogP contribution in [0.25, 0.3) is 0 Å². The first-order valence-electron chi connectivity index (χ1n) is 11.2. The molecular weight excluding hydrogens is 484 g/mol. The summed E-state index contributed by atoms with van der Waals surface area (Å²) in [7, 11) is 1.54. The average Bonchev–Trinajstić information content (AvgIpc) is 3.35. The van der Waals surface area contributed by atoms with E-state index in [0.717, 1.165) is 15.6 Å². The molecule has 0 bridgehead atoms. The van der Waals surface area contributed by atoms with Crippen molar-refractivity contribution >= 4 is 27.3 Å². The summed E-state index contributed by atoms with van der Waals surface area (Å²) in [6.45, 7) is 0.0201. The van der Waals surface area contributed by atoms with Gasteiger partial charge in [-0.2, -0.15) is 0 Å². The minimum atomic E-state index is -4.26. The maximum Gasteiger partial charge on any atom is 0.265 e. The number of nitrogens with zero attached hydrogens (tertiary/aromatic N) is 2. The third-order valence-electron chi connectivity index (χ3n) is 6.06. The summed E-state index contributed by atoms with van der Waals surface area (Å²) < 4.78 is 50.5. The van der Waals surface area contributed by atoms with Crippen molar-refractivity contribution in [3.05, 3.63) is 66.2 Å². The summed E-state index contributed by atoms with van der Waals surface area (Å²) in [6, 6.07) is 16.7. The van der Waals surface area contributed by atoms with Crippen molar-refractivity contribution in [2.45, 2.75) is 11.3 Å². The van der Waals surface area contributed by atoms with Crippen molar-refractivity contribution < 1.29 is 32.2 Å². The minimum absolute atomic E-state index is 0.0698. The van der Waals surface area contributed by atoms with Crippen molar-refractivity contribution in [1.82, 2.24) is 0 Å². The lowest BCUT2D eigenvalue weighted by atomic mass is 10.2. The molecule has 0 saturated heterocycles. The van der Waals surface area contributed by atoms with E-state index < -0.39 is 16.6 Å². The Labute approximate surface area is 210 Å². The maximum absolute atomic E-state index is 14.0. The summed E-state index contributed by atoms with van der Waals surface area (Å²) in [4.78, 5) is 15.1. The molecule has 1 aliphatic rings. The lowest BCUT2D eigenvalue weighted by Crippen LogP contribution is -2.42. The molecule has 0 radical (unpaired) electrons. The number of benzene rings is 3. The van der Waals surface area contributed by atoms with Crippen LogP contribution in [0.1, 0.15) is 5.56 Å². The number of sulfonamides is 1. The van der Waals surface area contributed by atoms with Gasteiger partial charge in [0.2, 0.25) is 5.91 Å². The molecule has 3 aromatic rings. The predicted molar refractivity (Wildman–Crippen MR) is 136 cm³/mol. The fraction of sp³-hybridized carbons (Fsp3) is 0.269. The van der Waals surface area contributed by atoms with E-state index >= 15 is 0 Å². The Morgan fingerprint density at radius 3 is 2.25 bits per heavy atom. The third kappa shape index (κ3) is 4.64. The number of hydrogen-bond acceptors (Lipinski definition) is 7. The number of carbonyl (C=O) groups is 1. The zero-order chi connectivity index (χ0) is 25.9. The summed E-state index contributed by atoms with van der Waals surface area (Å²) in [5.74, 6) is 0.947. The molecule has 0 aromatic heterocycles. The Balaban J connectivity index is 1.81. The van der Waals surface area contributed by atoms with E-state index in [1.165, 1.54) is 52.7 Å². The molecule has 10 heteroatoms. The van der Waals surface area contributed by atoms with Gasteiger partial charge in [0.25, 0.3) is 10.0 Å². The molecule has 0 spiro atoms. The van der Waals surface area contributed by atoms with E-state index in [1.54, 1.807) is 17.0 Å². The van der Waals surface area contributed by atoms with Gasteiger partial charge >= 0.3 is 0 Å². The average molecular weight is 513 g/mol. The molecule has 36 heavy (non-hydrogen) atoms. The van der Waals surface area contributed by atoms with Crippen LogP contribution < -0.4 is 28.2 Å². The monoisotopic (exact) mass is 512 g/mol. The van der Waals surface area contributed by atoms with Crippen LogP contribution in [0, 0.1) is 0 Å². The van der Waals surface area contributed by atoms with E-state index in [2.05, 4.69) is 0 Å². The largest absolute Gasteiger partial charge is 0.497 e. The highest BCUT2D eigenvalue weighted by Crippen LogP contribution is 2.38. The number of amides is 1. The van der Waals surface area contributed by atoms with E-state index in [-0.39, 0.29) is 28.0 Å². The molecule has 0 saturated carbocycles. The predicted octanol–water partition coefficient (Wildman–Crippen LogP) is 3.51. The van der Waals surface area contributed by atoms with E-state index in [1.807, 2.05) is 24.3 Å². The Morgan fingerprint density at radius 2 is 1.56 bits per heavy atom. The van der Waals surface area contributed by atoms with Crippen LogP contribution in [0.4, 0.5) is 11.4 Å². The Morgan fingerprint density at radius 1 is 0.861 bits per heavy atom. The van der Waals surface area contributed by atoms with E-state index in [4.69, 9.17) is 18.9 Å². The standard InChI is InChI=1S/C26H28N2O7S/c1-32-19-9-11-23(33-2)22(15-19)28(17-26(29)27-14-13-18-7-5-6-8-21(18)27)36(30,31)20-10-12-24(34-3)25(16-20)35-4/h5-12,15-16H,13-14,17H2,1-4H3. The molecule has 1 amide bonds. The number of para-hydroxylation sites is 1. The molecule has 0 aliphatic carbocycles. The van der Waals surface area contributed by atoms with Crippen LogP contribution in [0.15, 0.2) is 65.6 Å². The highest BCUT2D eigenvalue weighted by Gasteiger charge is 2.34. The molecule has 0 N–H and O–H groups in total. The third-order valence-corrected chi connectivity index (χ3v) is 7.82. The number of methoxy groups -OCH3 is 4. The zero-order valence-electron chi connectivity index (χ0n) is 20.6. The molecule has 0 atom stereocenters. The fourth-order valence-electron chi connectivity index (χ4n) is 4.20. The molecule has 1 aliphatic heterocycles. The Bertz CT molecular complexity index is 1370. The lowest BCUT2D eigenvalue weighted by molar-refractivity contribution is -0.117. The van der Waals surface area contributed by atoms with Crippen molar-refractivity contribution in [2.75, 3.05) is 50.7 Å². The first kappa shape index (κ1) is 25.2. The quantitative estimate of drug-likeness (QED) is 0.433. The summed E-state index contributed by atoms with van der Waals surface area (Å²) in [5, 5.41) is 0. The normalized spacial score (nSPS) is 12.6. The Hall–Kier alpha value is -3.92. The minimum Gasteiger partial charge on any atom is -0.497 e. The Kier molecular flexibility index (Phi) is 7.25. The van der Waals surface area contributed by atoms with Crippen molar-refractivity contribution in [2.24, 2.45) is 0 Å². The lowest BCUT2D eigenvalue weighted by Gasteiger charge is -2.28. The van der Waals surface area contributed by atoms with Gasteiger partial charge in [-0.25, -0.2) is 8.42 Å². The highest BCUT2D eigenvalue weighted by molar-refractivity contribution is 7.92. The smallest absolute Gasteiger partial charge is 0.265 e.